The number of carbonyl (C=O) groups excluding carboxylic acids is 1. The van der Waals surface area contributed by atoms with Crippen molar-refractivity contribution in [3.8, 4) is 0 Å². The smallest absolute Gasteiger partial charge is 0.240 e. The molecule has 112 valence electrons. The van der Waals surface area contributed by atoms with E-state index in [0.717, 1.165) is 17.0 Å². The quantitative estimate of drug-likeness (QED) is 0.938. The third-order valence-corrected chi connectivity index (χ3v) is 4.07. The fourth-order valence-corrected chi connectivity index (χ4v) is 2.26. The van der Waals surface area contributed by atoms with E-state index < -0.39 is 0 Å². The van der Waals surface area contributed by atoms with Crippen LogP contribution >= 0.6 is 0 Å². The molecule has 0 radical (unpaired) electrons. The molecular formula is C17H23N3O. The normalized spacial score (nSPS) is 12.2. The summed E-state index contributed by atoms with van der Waals surface area (Å²) in [5.41, 5.74) is 5.63. The molecule has 2 rings (SSSR count). The van der Waals surface area contributed by atoms with Crippen molar-refractivity contribution in [1.29, 1.82) is 0 Å². The zero-order chi connectivity index (χ0) is 15.6. The van der Waals surface area contributed by atoms with Crippen molar-refractivity contribution in [1.82, 2.24) is 14.9 Å². The monoisotopic (exact) mass is 285 g/mol. The van der Waals surface area contributed by atoms with E-state index >= 15 is 0 Å². The van der Waals surface area contributed by atoms with Crippen molar-refractivity contribution in [3.05, 3.63) is 52.6 Å². The highest BCUT2D eigenvalue weighted by Crippen LogP contribution is 2.16. The maximum absolute atomic E-state index is 12.1. The molecule has 0 aliphatic carbocycles. The van der Waals surface area contributed by atoms with Gasteiger partial charge in [0.15, 0.2) is 0 Å². The molecule has 0 unspecified atom stereocenters. The lowest BCUT2D eigenvalue weighted by atomic mass is 10.0. The maximum atomic E-state index is 12.1. The Kier molecular flexibility index (Phi) is 4.46. The number of aryl methyl sites for hydroxylation is 3. The first-order chi connectivity index (χ1) is 9.88. The molecule has 0 bridgehead atoms. The van der Waals surface area contributed by atoms with E-state index in [1.54, 1.807) is 6.33 Å². The number of carbonyl (C=O) groups is 1. The van der Waals surface area contributed by atoms with E-state index in [9.17, 15) is 4.79 Å². The van der Waals surface area contributed by atoms with Crippen LogP contribution in [0.15, 0.2) is 24.5 Å². The Morgan fingerprint density at radius 1 is 1.24 bits per heavy atom. The summed E-state index contributed by atoms with van der Waals surface area (Å²) in [6.45, 7) is 10.4. The lowest BCUT2D eigenvalue weighted by Crippen LogP contribution is -2.30. The minimum absolute atomic E-state index is 0.00114. The average molecular weight is 285 g/mol. The molecule has 1 heterocycles. The number of nitrogens with one attached hydrogen (secondary N) is 1. The predicted molar refractivity (Wildman–Crippen MR) is 84.2 cm³/mol. The van der Waals surface area contributed by atoms with Gasteiger partial charge >= 0.3 is 0 Å². The predicted octanol–water partition coefficient (Wildman–Crippen LogP) is 2.99. The second kappa shape index (κ2) is 6.12. The fourth-order valence-electron chi connectivity index (χ4n) is 2.26. The summed E-state index contributed by atoms with van der Waals surface area (Å²) in [5, 5.41) is 3.04. The Hall–Kier alpha value is -2.10. The van der Waals surface area contributed by atoms with E-state index in [-0.39, 0.29) is 11.9 Å². The first-order valence-corrected chi connectivity index (χ1v) is 7.23. The van der Waals surface area contributed by atoms with Gasteiger partial charge in [-0.15, -0.1) is 0 Å². The third-order valence-electron chi connectivity index (χ3n) is 4.07. The van der Waals surface area contributed by atoms with Crippen LogP contribution in [0.3, 0.4) is 0 Å². The van der Waals surface area contributed by atoms with Crippen LogP contribution in [0, 0.1) is 27.7 Å². The minimum atomic E-state index is 0.00114. The van der Waals surface area contributed by atoms with E-state index in [1.807, 2.05) is 25.3 Å². The lowest BCUT2D eigenvalue weighted by molar-refractivity contribution is -0.122. The first kappa shape index (κ1) is 15.3. The molecule has 4 heteroatoms. The molecule has 1 amide bonds. The zero-order valence-electron chi connectivity index (χ0n) is 13.4. The van der Waals surface area contributed by atoms with Gasteiger partial charge in [-0.1, -0.05) is 18.2 Å². The Balaban J connectivity index is 2.01. The lowest BCUT2D eigenvalue weighted by Gasteiger charge is -2.16. The van der Waals surface area contributed by atoms with E-state index in [2.05, 4.69) is 42.3 Å². The Morgan fingerprint density at radius 3 is 2.52 bits per heavy atom. The van der Waals surface area contributed by atoms with Gasteiger partial charge in [-0.2, -0.15) is 0 Å². The molecule has 1 aromatic carbocycles. The number of aromatic nitrogens is 2. The van der Waals surface area contributed by atoms with Crippen molar-refractivity contribution < 1.29 is 4.79 Å². The second-order valence-corrected chi connectivity index (χ2v) is 5.68. The van der Waals surface area contributed by atoms with Gasteiger partial charge in [0.2, 0.25) is 5.91 Å². The van der Waals surface area contributed by atoms with Crippen LogP contribution < -0.4 is 5.32 Å². The SMILES string of the molecule is Cc1ccc([C@H](C)NC(=O)Cn2cnc(C)c2C)cc1C. The average Bonchev–Trinajstić information content (AvgIpc) is 2.73. The molecule has 0 aliphatic heterocycles. The summed E-state index contributed by atoms with van der Waals surface area (Å²) in [5.74, 6) is 0.00114. The van der Waals surface area contributed by atoms with E-state index in [0.29, 0.717) is 6.54 Å². The molecule has 21 heavy (non-hydrogen) atoms. The summed E-state index contributed by atoms with van der Waals surface area (Å²) in [7, 11) is 0. The van der Waals surface area contributed by atoms with Crippen LogP contribution in [0.1, 0.15) is 41.0 Å². The number of hydrogen-bond acceptors (Lipinski definition) is 2. The fraction of sp³-hybridized carbons (Fsp3) is 0.412. The molecule has 0 aliphatic rings. The highest BCUT2D eigenvalue weighted by molar-refractivity contribution is 5.76. The maximum Gasteiger partial charge on any atom is 0.240 e. The Bertz CT molecular complexity index is 658. The van der Waals surface area contributed by atoms with Gasteiger partial charge in [0.05, 0.1) is 18.1 Å². The number of benzene rings is 1. The number of nitrogens with zero attached hydrogens (tertiary/aromatic N) is 2. The molecule has 1 atom stereocenters. The summed E-state index contributed by atoms with van der Waals surface area (Å²) in [6, 6.07) is 6.30. The summed E-state index contributed by atoms with van der Waals surface area (Å²) in [6.07, 6.45) is 1.71. The first-order valence-electron chi connectivity index (χ1n) is 7.23. The van der Waals surface area contributed by atoms with Gasteiger partial charge in [-0.05, 0) is 51.3 Å². The van der Waals surface area contributed by atoms with Crippen LogP contribution in [-0.2, 0) is 11.3 Å². The molecule has 4 nitrogen and oxygen atoms in total. The molecule has 2 aromatic rings. The minimum Gasteiger partial charge on any atom is -0.348 e. The largest absolute Gasteiger partial charge is 0.348 e. The van der Waals surface area contributed by atoms with Crippen LogP contribution in [0.2, 0.25) is 0 Å². The molecule has 0 fully saturated rings. The van der Waals surface area contributed by atoms with E-state index in [4.69, 9.17) is 0 Å². The molecule has 1 aromatic heterocycles. The van der Waals surface area contributed by atoms with Gasteiger partial charge in [-0.3, -0.25) is 4.79 Å². The van der Waals surface area contributed by atoms with Gasteiger partial charge < -0.3 is 9.88 Å². The van der Waals surface area contributed by atoms with Crippen LogP contribution in [0.5, 0.6) is 0 Å². The third kappa shape index (κ3) is 3.51. The van der Waals surface area contributed by atoms with Gasteiger partial charge in [0.1, 0.15) is 6.54 Å². The molecule has 0 spiro atoms. The summed E-state index contributed by atoms with van der Waals surface area (Å²) < 4.78 is 1.87. The zero-order valence-corrected chi connectivity index (χ0v) is 13.4. The van der Waals surface area contributed by atoms with Crippen molar-refractivity contribution >= 4 is 5.91 Å². The Morgan fingerprint density at radius 2 is 1.95 bits per heavy atom. The molecule has 1 N–H and O–H groups in total. The van der Waals surface area contributed by atoms with Crippen molar-refractivity contribution in [2.24, 2.45) is 0 Å². The van der Waals surface area contributed by atoms with Crippen molar-refractivity contribution in [2.75, 3.05) is 0 Å². The second-order valence-electron chi connectivity index (χ2n) is 5.68. The van der Waals surface area contributed by atoms with Crippen molar-refractivity contribution in [3.63, 3.8) is 0 Å². The summed E-state index contributed by atoms with van der Waals surface area (Å²) in [4.78, 5) is 16.4. The highest BCUT2D eigenvalue weighted by Gasteiger charge is 2.12. The topological polar surface area (TPSA) is 46.9 Å². The van der Waals surface area contributed by atoms with Crippen LogP contribution in [0.25, 0.3) is 0 Å². The van der Waals surface area contributed by atoms with Crippen LogP contribution in [0.4, 0.5) is 0 Å². The van der Waals surface area contributed by atoms with Gasteiger partial charge in [0.25, 0.3) is 0 Å². The summed E-state index contributed by atoms with van der Waals surface area (Å²) >= 11 is 0. The molecular weight excluding hydrogens is 262 g/mol. The van der Waals surface area contributed by atoms with Gasteiger partial charge in [-0.25, -0.2) is 4.98 Å². The van der Waals surface area contributed by atoms with Crippen LogP contribution in [-0.4, -0.2) is 15.5 Å². The standard InChI is InChI=1S/C17H23N3O/c1-11-6-7-16(8-12(11)2)14(4)19-17(21)9-20-10-18-13(3)15(20)5/h6-8,10,14H,9H2,1-5H3,(H,19,21)/t14-/m0/s1. The van der Waals surface area contributed by atoms with Crippen molar-refractivity contribution in [2.45, 2.75) is 47.2 Å². The Labute approximate surface area is 126 Å². The molecule has 0 saturated heterocycles. The van der Waals surface area contributed by atoms with E-state index in [1.165, 1.54) is 11.1 Å². The number of imidazole rings is 1. The number of amides is 1. The van der Waals surface area contributed by atoms with Gasteiger partial charge in [0, 0.05) is 5.69 Å². The molecule has 0 saturated carbocycles. The highest BCUT2D eigenvalue weighted by atomic mass is 16.2. The number of rotatable bonds is 4. The number of hydrogen-bond donors (Lipinski definition) is 1.